The minimum atomic E-state index is -4.13. The predicted octanol–water partition coefficient (Wildman–Crippen LogP) is 3.15. The molecule has 3 aromatic rings. The molecule has 10 heteroatoms. The summed E-state index contributed by atoms with van der Waals surface area (Å²) in [5.41, 5.74) is 1.77. The third-order valence-corrected chi connectivity index (χ3v) is 6.66. The fraction of sp³-hybridized carbons (Fsp3) is 0.208. The van der Waals surface area contributed by atoms with Gasteiger partial charge in [-0.3, -0.25) is 9.78 Å². The van der Waals surface area contributed by atoms with Gasteiger partial charge in [0.2, 0.25) is 5.91 Å². The lowest BCUT2D eigenvalue weighted by Crippen LogP contribution is -2.52. The van der Waals surface area contributed by atoms with E-state index in [1.807, 2.05) is 4.72 Å². The number of hydrogen-bond donors (Lipinski definition) is 2. The molecule has 0 saturated carbocycles. The van der Waals surface area contributed by atoms with Crippen LogP contribution in [0.3, 0.4) is 0 Å². The molecule has 2 aromatic carbocycles. The number of aromatic nitrogens is 1. The molecule has 0 aliphatic heterocycles. The van der Waals surface area contributed by atoms with Gasteiger partial charge in [-0.15, -0.1) is 0 Å². The smallest absolute Gasteiger partial charge is 0.329 e. The molecular weight excluding hydrogens is 456 g/mol. The first kappa shape index (κ1) is 24.7. The summed E-state index contributed by atoms with van der Waals surface area (Å²) in [5, 5.41) is 2.51. The largest absolute Gasteiger partial charge is 0.497 e. The first-order valence-corrected chi connectivity index (χ1v) is 11.9. The summed E-state index contributed by atoms with van der Waals surface area (Å²) in [7, 11) is -1.01. The second-order valence-electron chi connectivity index (χ2n) is 7.56. The van der Waals surface area contributed by atoms with Crippen molar-refractivity contribution in [1.82, 2.24) is 15.0 Å². The van der Waals surface area contributed by atoms with Gasteiger partial charge in [0.25, 0.3) is 10.0 Å². The molecule has 34 heavy (non-hydrogen) atoms. The molecule has 3 rings (SSSR count). The van der Waals surface area contributed by atoms with Crippen LogP contribution in [0.2, 0.25) is 0 Å². The molecule has 3 amide bonds. The number of carbonyl (C=O) groups excluding carboxylic acids is 2. The van der Waals surface area contributed by atoms with Crippen LogP contribution in [0.1, 0.15) is 14.0 Å². The van der Waals surface area contributed by atoms with Gasteiger partial charge in [0, 0.05) is 34.4 Å². The number of rotatable bonds is 8. The Balaban J connectivity index is 0.00000324. The minimum Gasteiger partial charge on any atom is -0.497 e. The molecule has 2 N–H and O–H groups in total. The highest BCUT2D eigenvalue weighted by Gasteiger charge is 2.28. The molecule has 182 valence electrons. The average Bonchev–Trinajstić information content (AvgIpc) is 2.83. The van der Waals surface area contributed by atoms with E-state index in [9.17, 15) is 18.0 Å². The number of anilines is 1. The van der Waals surface area contributed by atoms with E-state index in [1.165, 1.54) is 11.0 Å². The van der Waals surface area contributed by atoms with E-state index in [1.54, 1.807) is 88.1 Å². The lowest BCUT2D eigenvalue weighted by Gasteiger charge is -2.25. The topological polar surface area (TPSA) is 118 Å². The summed E-state index contributed by atoms with van der Waals surface area (Å²) in [5.74, 6) is 0.202. The lowest BCUT2D eigenvalue weighted by atomic mass is 10.1. The van der Waals surface area contributed by atoms with Crippen molar-refractivity contribution in [1.29, 1.82) is 0 Å². The van der Waals surface area contributed by atoms with Gasteiger partial charge >= 0.3 is 6.03 Å². The fourth-order valence-electron chi connectivity index (χ4n) is 3.34. The van der Waals surface area contributed by atoms with Gasteiger partial charge in [-0.2, -0.15) is 0 Å². The van der Waals surface area contributed by atoms with Crippen molar-refractivity contribution in [2.24, 2.45) is 0 Å². The number of ether oxygens (including phenoxy) is 1. The Morgan fingerprint density at radius 2 is 1.79 bits per heavy atom. The van der Waals surface area contributed by atoms with Crippen LogP contribution in [-0.2, 0) is 21.2 Å². The molecule has 0 radical (unpaired) electrons. The monoisotopic (exact) mass is 486 g/mol. The maximum absolute atomic E-state index is 13.3. The second kappa shape index (κ2) is 10.8. The molecule has 0 unspecified atom stereocenters. The first-order valence-electron chi connectivity index (χ1n) is 10.4. The SMILES string of the molecule is COc1ccc(N(C)C(=O)[C@H](Cc2cccnc2)NC(=O)NS(=O)(=O)c2ccccc2C)cc1.[HH].[HH]. The highest BCUT2D eigenvalue weighted by Crippen LogP contribution is 2.19. The molecular formula is C24H30N4O5S. The standard InChI is InChI=1S/C24H26N4O5S.2H2/c1-17-7-4-5-9-22(17)34(31,32)27-24(30)26-21(15-18-8-6-14-25-16-18)23(29)28(2)19-10-12-20(33-3)13-11-19;;/h4-14,16,21H,15H2,1-3H3,(H2,26,27,30);2*1H/t21-;;/m0../s1. The molecule has 1 heterocycles. The van der Waals surface area contributed by atoms with Gasteiger partial charge in [0.05, 0.1) is 12.0 Å². The Hall–Kier alpha value is -3.92. The van der Waals surface area contributed by atoms with E-state index in [4.69, 9.17) is 4.74 Å². The summed E-state index contributed by atoms with van der Waals surface area (Å²) in [6.45, 7) is 1.63. The fourth-order valence-corrected chi connectivity index (χ4v) is 4.51. The molecule has 1 atom stereocenters. The zero-order valence-electron chi connectivity index (χ0n) is 19.1. The zero-order valence-corrected chi connectivity index (χ0v) is 19.9. The zero-order chi connectivity index (χ0) is 24.7. The van der Waals surface area contributed by atoms with E-state index < -0.39 is 28.0 Å². The quantitative estimate of drug-likeness (QED) is 0.505. The van der Waals surface area contributed by atoms with E-state index in [-0.39, 0.29) is 14.2 Å². The van der Waals surface area contributed by atoms with Gasteiger partial charge in [0.15, 0.2) is 0 Å². The van der Waals surface area contributed by atoms with Crippen molar-refractivity contribution in [2.45, 2.75) is 24.3 Å². The molecule has 0 aliphatic rings. The lowest BCUT2D eigenvalue weighted by molar-refractivity contribution is -0.120. The molecule has 0 fully saturated rings. The maximum atomic E-state index is 13.3. The molecule has 0 saturated heterocycles. The van der Waals surface area contributed by atoms with Gasteiger partial charge in [-0.05, 0) is 54.4 Å². The summed E-state index contributed by atoms with van der Waals surface area (Å²) < 4.78 is 32.5. The van der Waals surface area contributed by atoms with Crippen molar-refractivity contribution in [3.8, 4) is 5.75 Å². The normalized spacial score (nSPS) is 11.9. The van der Waals surface area contributed by atoms with Gasteiger partial charge in [0.1, 0.15) is 11.8 Å². The van der Waals surface area contributed by atoms with Crippen LogP contribution in [0.25, 0.3) is 0 Å². The second-order valence-corrected chi connectivity index (χ2v) is 9.21. The van der Waals surface area contributed by atoms with Crippen molar-refractivity contribution in [2.75, 3.05) is 19.1 Å². The van der Waals surface area contributed by atoms with Crippen molar-refractivity contribution >= 4 is 27.6 Å². The summed E-state index contributed by atoms with van der Waals surface area (Å²) in [6.07, 6.45) is 3.29. The Morgan fingerprint density at radius 3 is 2.41 bits per heavy atom. The number of methoxy groups -OCH3 is 1. The van der Waals surface area contributed by atoms with Crippen LogP contribution in [0.15, 0.2) is 78.0 Å². The Labute approximate surface area is 201 Å². The van der Waals surface area contributed by atoms with Crippen molar-refractivity contribution < 1.29 is 25.6 Å². The number of likely N-dealkylation sites (N-methyl/N-ethyl adjacent to an activating group) is 1. The number of carbonyl (C=O) groups is 2. The average molecular weight is 487 g/mol. The van der Waals surface area contributed by atoms with E-state index in [0.717, 1.165) is 0 Å². The summed E-state index contributed by atoms with van der Waals surface area (Å²) in [4.78, 5) is 31.4. The van der Waals surface area contributed by atoms with Crippen LogP contribution < -0.4 is 19.7 Å². The third kappa shape index (κ3) is 6.10. The predicted molar refractivity (Wildman–Crippen MR) is 132 cm³/mol. The Morgan fingerprint density at radius 1 is 1.09 bits per heavy atom. The Bertz CT molecular complexity index is 1260. The third-order valence-electron chi connectivity index (χ3n) is 5.17. The number of amides is 3. The molecule has 0 aliphatic carbocycles. The minimum absolute atomic E-state index is 0. The number of urea groups is 1. The highest BCUT2D eigenvalue weighted by atomic mass is 32.2. The van der Waals surface area contributed by atoms with Crippen LogP contribution in [0.5, 0.6) is 5.75 Å². The van der Waals surface area contributed by atoms with Crippen LogP contribution in [-0.4, -0.2) is 45.5 Å². The number of sulfonamides is 1. The number of pyridine rings is 1. The Kier molecular flexibility index (Phi) is 7.85. The molecule has 1 aromatic heterocycles. The van der Waals surface area contributed by atoms with Crippen molar-refractivity contribution in [3.05, 3.63) is 84.2 Å². The van der Waals surface area contributed by atoms with E-state index >= 15 is 0 Å². The van der Waals surface area contributed by atoms with Crippen LogP contribution >= 0.6 is 0 Å². The van der Waals surface area contributed by atoms with Gasteiger partial charge in [-0.1, -0.05) is 24.3 Å². The number of hydrogen-bond acceptors (Lipinski definition) is 6. The molecule has 0 bridgehead atoms. The summed E-state index contributed by atoms with van der Waals surface area (Å²) in [6, 6.07) is 14.6. The van der Waals surface area contributed by atoms with Crippen LogP contribution in [0.4, 0.5) is 10.5 Å². The first-order chi connectivity index (χ1) is 16.2. The van der Waals surface area contributed by atoms with Crippen molar-refractivity contribution in [3.63, 3.8) is 0 Å². The maximum Gasteiger partial charge on any atom is 0.329 e. The number of aryl methyl sites for hydroxylation is 1. The van der Waals surface area contributed by atoms with E-state index in [2.05, 4.69) is 10.3 Å². The molecule has 9 nitrogen and oxygen atoms in total. The summed E-state index contributed by atoms with van der Waals surface area (Å²) >= 11 is 0. The van der Waals surface area contributed by atoms with Gasteiger partial charge < -0.3 is 15.0 Å². The number of nitrogens with one attached hydrogen (secondary N) is 2. The number of benzene rings is 2. The number of nitrogens with zero attached hydrogens (tertiary/aromatic N) is 2. The van der Waals surface area contributed by atoms with Gasteiger partial charge in [-0.25, -0.2) is 17.9 Å². The van der Waals surface area contributed by atoms with E-state index in [0.29, 0.717) is 22.6 Å². The van der Waals surface area contributed by atoms with Crippen LogP contribution in [0, 0.1) is 6.92 Å². The highest BCUT2D eigenvalue weighted by molar-refractivity contribution is 7.90. The molecule has 0 spiro atoms.